The predicted molar refractivity (Wildman–Crippen MR) is 71.2 cm³/mol. The topological polar surface area (TPSA) is 60.0 Å². The first kappa shape index (κ1) is 11.1. The minimum atomic E-state index is 0.796. The number of hydrogen-bond acceptors (Lipinski definition) is 4. The lowest BCUT2D eigenvalue weighted by Gasteiger charge is -2.31. The zero-order chi connectivity index (χ0) is 12.5. The van der Waals surface area contributed by atoms with E-state index in [1.54, 1.807) is 4.80 Å². The summed E-state index contributed by atoms with van der Waals surface area (Å²) in [5, 5.41) is 8.44. The van der Waals surface area contributed by atoms with Gasteiger partial charge in [0, 0.05) is 25.0 Å². The summed E-state index contributed by atoms with van der Waals surface area (Å²) in [4.78, 5) is 3.93. The first-order chi connectivity index (χ1) is 8.74. The lowest BCUT2D eigenvalue weighted by atomic mass is 10.00. The van der Waals surface area contributed by atoms with Crippen molar-refractivity contribution in [1.82, 2.24) is 15.0 Å². The lowest BCUT2D eigenvalue weighted by molar-refractivity contribution is 0.632. The molecule has 1 aliphatic heterocycles. The van der Waals surface area contributed by atoms with E-state index in [1.807, 2.05) is 25.4 Å². The van der Waals surface area contributed by atoms with Crippen molar-refractivity contribution in [3.8, 4) is 0 Å². The van der Waals surface area contributed by atoms with Gasteiger partial charge in [-0.05, 0) is 30.5 Å². The molecule has 18 heavy (non-hydrogen) atoms. The van der Waals surface area contributed by atoms with E-state index >= 15 is 0 Å². The summed E-state index contributed by atoms with van der Waals surface area (Å²) in [6.45, 7) is 1.84. The van der Waals surface area contributed by atoms with E-state index in [0.29, 0.717) is 0 Å². The Kier molecular flexibility index (Phi) is 2.66. The van der Waals surface area contributed by atoms with E-state index in [2.05, 4.69) is 21.2 Å². The molecule has 0 saturated carbocycles. The van der Waals surface area contributed by atoms with Gasteiger partial charge in [0.2, 0.25) is 0 Å². The number of nitrogens with two attached hydrogens (primary N) is 1. The van der Waals surface area contributed by atoms with E-state index < -0.39 is 0 Å². The normalized spacial score (nSPS) is 14.6. The van der Waals surface area contributed by atoms with E-state index in [4.69, 9.17) is 5.73 Å². The van der Waals surface area contributed by atoms with Crippen LogP contribution < -0.4 is 10.6 Å². The van der Waals surface area contributed by atoms with Crippen LogP contribution in [0.5, 0.6) is 0 Å². The predicted octanol–water partition coefficient (Wildman–Crippen LogP) is 1.35. The zero-order valence-corrected chi connectivity index (χ0v) is 10.5. The maximum absolute atomic E-state index is 6.04. The molecule has 3 rings (SSSR count). The Morgan fingerprint density at radius 3 is 3.06 bits per heavy atom. The molecule has 0 radical (unpaired) electrons. The summed E-state index contributed by atoms with van der Waals surface area (Å²) < 4.78 is 0. The fourth-order valence-corrected chi connectivity index (χ4v) is 2.55. The van der Waals surface area contributed by atoms with Crippen LogP contribution in [0, 0.1) is 0 Å². The molecule has 0 spiro atoms. The van der Waals surface area contributed by atoms with Crippen molar-refractivity contribution in [3.05, 3.63) is 35.7 Å². The molecule has 0 unspecified atom stereocenters. The van der Waals surface area contributed by atoms with Crippen molar-refractivity contribution < 1.29 is 0 Å². The number of nitrogens with zero attached hydrogens (tertiary/aromatic N) is 4. The fourth-order valence-electron chi connectivity index (χ4n) is 2.55. The third kappa shape index (κ3) is 1.92. The highest BCUT2D eigenvalue weighted by molar-refractivity contribution is 5.66. The molecular formula is C13H17N5. The van der Waals surface area contributed by atoms with Crippen molar-refractivity contribution >= 4 is 11.4 Å². The van der Waals surface area contributed by atoms with Gasteiger partial charge in [-0.25, -0.2) is 0 Å². The fraction of sp³-hybridized carbons (Fsp3) is 0.385. The average molecular weight is 243 g/mol. The molecule has 5 heteroatoms. The summed E-state index contributed by atoms with van der Waals surface area (Å²) in [6.07, 6.45) is 4.03. The number of fused-ring (bicyclic) bond motifs is 1. The molecule has 5 nitrogen and oxygen atoms in total. The molecule has 2 N–H and O–H groups in total. The highest BCUT2D eigenvalue weighted by Gasteiger charge is 2.19. The summed E-state index contributed by atoms with van der Waals surface area (Å²) >= 11 is 0. The molecular weight excluding hydrogens is 226 g/mol. The largest absolute Gasteiger partial charge is 0.398 e. The lowest BCUT2D eigenvalue weighted by Crippen LogP contribution is -2.29. The molecule has 0 atom stereocenters. The number of anilines is 2. The van der Waals surface area contributed by atoms with Crippen LogP contribution in [0.4, 0.5) is 11.4 Å². The van der Waals surface area contributed by atoms with Crippen molar-refractivity contribution in [1.29, 1.82) is 0 Å². The van der Waals surface area contributed by atoms with Gasteiger partial charge >= 0.3 is 0 Å². The maximum Gasteiger partial charge on any atom is 0.102 e. The molecule has 1 aromatic heterocycles. The van der Waals surface area contributed by atoms with Crippen LogP contribution in [0.1, 0.15) is 17.7 Å². The first-order valence-corrected chi connectivity index (χ1v) is 6.21. The van der Waals surface area contributed by atoms with Gasteiger partial charge in [-0.15, -0.1) is 0 Å². The Morgan fingerprint density at radius 2 is 2.28 bits per heavy atom. The van der Waals surface area contributed by atoms with Gasteiger partial charge in [-0.1, -0.05) is 6.07 Å². The molecule has 0 aliphatic carbocycles. The maximum atomic E-state index is 6.04. The summed E-state index contributed by atoms with van der Waals surface area (Å²) in [5.41, 5.74) is 10.4. The molecule has 0 saturated heterocycles. The van der Waals surface area contributed by atoms with E-state index in [0.717, 1.165) is 37.3 Å². The third-order valence-corrected chi connectivity index (χ3v) is 3.38. The van der Waals surface area contributed by atoms with Crippen molar-refractivity contribution in [3.63, 3.8) is 0 Å². The first-order valence-electron chi connectivity index (χ1n) is 6.21. The van der Waals surface area contributed by atoms with Gasteiger partial charge in [0.15, 0.2) is 0 Å². The van der Waals surface area contributed by atoms with E-state index in [-0.39, 0.29) is 0 Å². The van der Waals surface area contributed by atoms with Crippen LogP contribution in [0.15, 0.2) is 24.4 Å². The Bertz CT molecular complexity index is 560. The highest BCUT2D eigenvalue weighted by Crippen LogP contribution is 2.31. The van der Waals surface area contributed by atoms with Crippen LogP contribution in [0.3, 0.4) is 0 Å². The minimum absolute atomic E-state index is 0.796. The second kappa shape index (κ2) is 4.33. The summed E-state index contributed by atoms with van der Waals surface area (Å²) in [7, 11) is 1.84. The molecule has 2 aromatic rings. The molecule has 1 aromatic carbocycles. The SMILES string of the molecule is Cn1ncc(CN2CCCc3c(N)cccc32)n1. The van der Waals surface area contributed by atoms with Crippen molar-refractivity contribution in [2.24, 2.45) is 7.05 Å². The van der Waals surface area contributed by atoms with Crippen molar-refractivity contribution in [2.75, 3.05) is 17.2 Å². The van der Waals surface area contributed by atoms with Gasteiger partial charge in [-0.2, -0.15) is 15.0 Å². The van der Waals surface area contributed by atoms with Crippen LogP contribution in [-0.4, -0.2) is 21.5 Å². The van der Waals surface area contributed by atoms with Gasteiger partial charge < -0.3 is 10.6 Å². The minimum Gasteiger partial charge on any atom is -0.398 e. The molecule has 0 bridgehead atoms. The van der Waals surface area contributed by atoms with Crippen LogP contribution >= 0.6 is 0 Å². The average Bonchev–Trinajstić information content (AvgIpc) is 2.76. The number of benzene rings is 1. The Hall–Kier alpha value is -2.04. The van der Waals surface area contributed by atoms with Gasteiger partial charge in [-0.3, -0.25) is 0 Å². The summed E-state index contributed by atoms with van der Waals surface area (Å²) in [5.74, 6) is 0. The van der Waals surface area contributed by atoms with Gasteiger partial charge in [0.05, 0.1) is 12.7 Å². The molecule has 2 heterocycles. The number of nitrogen functional groups attached to an aromatic ring is 1. The van der Waals surface area contributed by atoms with E-state index in [1.165, 1.54) is 11.3 Å². The van der Waals surface area contributed by atoms with Crippen LogP contribution in [0.25, 0.3) is 0 Å². The van der Waals surface area contributed by atoms with Gasteiger partial charge in [0.1, 0.15) is 5.69 Å². The Labute approximate surface area is 106 Å². The quantitative estimate of drug-likeness (QED) is 0.809. The molecule has 1 aliphatic rings. The standard InChI is InChI=1S/C13H17N5/c1-17-15-8-10(16-17)9-18-7-3-4-11-12(14)5-2-6-13(11)18/h2,5-6,8H,3-4,7,9,14H2,1H3. The number of rotatable bonds is 2. The zero-order valence-electron chi connectivity index (χ0n) is 10.5. The second-order valence-corrected chi connectivity index (χ2v) is 4.70. The van der Waals surface area contributed by atoms with Crippen LogP contribution in [-0.2, 0) is 20.0 Å². The smallest absolute Gasteiger partial charge is 0.102 e. The van der Waals surface area contributed by atoms with Crippen LogP contribution in [0.2, 0.25) is 0 Å². The number of aryl methyl sites for hydroxylation is 1. The number of aromatic nitrogens is 3. The second-order valence-electron chi connectivity index (χ2n) is 4.70. The third-order valence-electron chi connectivity index (χ3n) is 3.38. The Balaban J connectivity index is 1.89. The van der Waals surface area contributed by atoms with E-state index in [9.17, 15) is 0 Å². The Morgan fingerprint density at radius 1 is 1.39 bits per heavy atom. The monoisotopic (exact) mass is 243 g/mol. The molecule has 0 fully saturated rings. The van der Waals surface area contributed by atoms with Crippen molar-refractivity contribution in [2.45, 2.75) is 19.4 Å². The van der Waals surface area contributed by atoms with Gasteiger partial charge in [0.25, 0.3) is 0 Å². The molecule has 0 amide bonds. The number of hydrogen-bond donors (Lipinski definition) is 1. The molecule has 94 valence electrons. The summed E-state index contributed by atoms with van der Waals surface area (Å²) in [6, 6.07) is 6.13. The highest BCUT2D eigenvalue weighted by atomic mass is 15.5.